The van der Waals surface area contributed by atoms with Crippen molar-refractivity contribution in [2.45, 2.75) is 6.92 Å². The Morgan fingerprint density at radius 1 is 1.18 bits per heavy atom. The minimum Gasteiger partial charge on any atom is -0.366 e. The van der Waals surface area contributed by atoms with Gasteiger partial charge >= 0.3 is 0 Å². The van der Waals surface area contributed by atoms with Gasteiger partial charge in [0.15, 0.2) is 0 Å². The van der Waals surface area contributed by atoms with Crippen LogP contribution in [0, 0.1) is 6.92 Å². The van der Waals surface area contributed by atoms with Crippen molar-refractivity contribution in [3.63, 3.8) is 0 Å². The summed E-state index contributed by atoms with van der Waals surface area (Å²) in [4.78, 5) is 23.0. The largest absolute Gasteiger partial charge is 0.366 e. The lowest BCUT2D eigenvalue weighted by atomic mass is 10.1. The van der Waals surface area contributed by atoms with E-state index in [0.717, 1.165) is 11.1 Å². The molecular formula is C17H15ClN2O2. The molecule has 0 saturated heterocycles. The van der Waals surface area contributed by atoms with E-state index < -0.39 is 5.91 Å². The summed E-state index contributed by atoms with van der Waals surface area (Å²) in [5.41, 5.74) is 7.85. The molecule has 22 heavy (non-hydrogen) atoms. The van der Waals surface area contributed by atoms with Crippen LogP contribution in [0.3, 0.4) is 0 Å². The first-order valence-electron chi connectivity index (χ1n) is 6.61. The first kappa shape index (κ1) is 15.8. The molecule has 2 rings (SSSR count). The summed E-state index contributed by atoms with van der Waals surface area (Å²) >= 11 is 6.03. The first-order chi connectivity index (χ1) is 10.5. The highest BCUT2D eigenvalue weighted by Crippen LogP contribution is 2.17. The van der Waals surface area contributed by atoms with Crippen LogP contribution in [0.1, 0.15) is 21.5 Å². The normalized spacial score (nSPS) is 10.6. The van der Waals surface area contributed by atoms with Crippen LogP contribution in [-0.2, 0) is 4.79 Å². The van der Waals surface area contributed by atoms with E-state index in [4.69, 9.17) is 17.3 Å². The van der Waals surface area contributed by atoms with E-state index in [0.29, 0.717) is 16.3 Å². The highest BCUT2D eigenvalue weighted by atomic mass is 35.5. The second-order valence-electron chi connectivity index (χ2n) is 4.78. The molecule has 0 aliphatic carbocycles. The number of hydrogen-bond acceptors (Lipinski definition) is 2. The van der Waals surface area contributed by atoms with Crippen LogP contribution in [0.15, 0.2) is 48.5 Å². The molecule has 0 aromatic heterocycles. The summed E-state index contributed by atoms with van der Waals surface area (Å²) < 4.78 is 0. The summed E-state index contributed by atoms with van der Waals surface area (Å²) in [7, 11) is 0. The number of hydrogen-bond donors (Lipinski definition) is 2. The van der Waals surface area contributed by atoms with Gasteiger partial charge in [-0.1, -0.05) is 29.8 Å². The molecule has 2 amide bonds. The maximum Gasteiger partial charge on any atom is 0.248 e. The molecule has 0 aliphatic heterocycles. The van der Waals surface area contributed by atoms with E-state index >= 15 is 0 Å². The van der Waals surface area contributed by atoms with Crippen molar-refractivity contribution in [2.75, 3.05) is 5.32 Å². The lowest BCUT2D eigenvalue weighted by molar-refractivity contribution is -0.111. The fourth-order valence-corrected chi connectivity index (χ4v) is 2.01. The minimum atomic E-state index is -0.541. The topological polar surface area (TPSA) is 72.2 Å². The van der Waals surface area contributed by atoms with Crippen LogP contribution in [0.5, 0.6) is 0 Å². The molecule has 0 saturated carbocycles. The monoisotopic (exact) mass is 314 g/mol. The van der Waals surface area contributed by atoms with Gasteiger partial charge in [0.2, 0.25) is 11.8 Å². The smallest absolute Gasteiger partial charge is 0.248 e. The van der Waals surface area contributed by atoms with Crippen molar-refractivity contribution < 1.29 is 9.59 Å². The Kier molecular flexibility index (Phi) is 4.96. The molecule has 0 fully saturated rings. The number of amides is 2. The van der Waals surface area contributed by atoms with Gasteiger partial charge in [0, 0.05) is 22.3 Å². The van der Waals surface area contributed by atoms with Crippen molar-refractivity contribution in [2.24, 2.45) is 5.73 Å². The highest BCUT2D eigenvalue weighted by molar-refractivity contribution is 6.31. The van der Waals surface area contributed by atoms with E-state index in [1.807, 2.05) is 19.1 Å². The summed E-state index contributed by atoms with van der Waals surface area (Å²) in [6, 6.07) is 12.0. The Morgan fingerprint density at radius 3 is 2.64 bits per heavy atom. The molecule has 2 aromatic carbocycles. The molecule has 0 unspecified atom stereocenters. The Morgan fingerprint density at radius 2 is 1.95 bits per heavy atom. The molecule has 0 heterocycles. The third kappa shape index (κ3) is 4.20. The van der Waals surface area contributed by atoms with Crippen LogP contribution in [0.4, 0.5) is 5.69 Å². The molecule has 0 radical (unpaired) electrons. The maximum absolute atomic E-state index is 11.9. The highest BCUT2D eigenvalue weighted by Gasteiger charge is 2.03. The lowest BCUT2D eigenvalue weighted by Gasteiger charge is -2.03. The van der Waals surface area contributed by atoms with Crippen molar-refractivity contribution in [1.29, 1.82) is 0 Å². The van der Waals surface area contributed by atoms with Gasteiger partial charge in [-0.2, -0.15) is 0 Å². The van der Waals surface area contributed by atoms with Gasteiger partial charge in [-0.15, -0.1) is 0 Å². The number of anilines is 1. The zero-order chi connectivity index (χ0) is 16.1. The van der Waals surface area contributed by atoms with Gasteiger partial charge < -0.3 is 11.1 Å². The van der Waals surface area contributed by atoms with E-state index in [9.17, 15) is 9.59 Å². The van der Waals surface area contributed by atoms with Gasteiger partial charge in [-0.3, -0.25) is 9.59 Å². The average Bonchev–Trinajstić information content (AvgIpc) is 2.49. The predicted octanol–water partition coefficient (Wildman–Crippen LogP) is 3.40. The number of carbonyl (C=O) groups excluding carboxylic acids is 2. The molecule has 0 aliphatic rings. The van der Waals surface area contributed by atoms with Crippen LogP contribution in [0.2, 0.25) is 5.02 Å². The van der Waals surface area contributed by atoms with Crippen molar-refractivity contribution in [3.05, 3.63) is 70.3 Å². The fourth-order valence-electron chi connectivity index (χ4n) is 1.82. The van der Waals surface area contributed by atoms with Gasteiger partial charge in [-0.25, -0.2) is 0 Å². The average molecular weight is 315 g/mol. The molecule has 3 N–H and O–H groups in total. The second kappa shape index (κ2) is 6.91. The third-order valence-corrected chi connectivity index (χ3v) is 3.44. The SMILES string of the molecule is Cc1ccc(/C=C/C(=O)Nc2cccc(C(N)=O)c2)cc1Cl. The van der Waals surface area contributed by atoms with Crippen LogP contribution < -0.4 is 11.1 Å². The van der Waals surface area contributed by atoms with Gasteiger partial charge in [0.25, 0.3) is 0 Å². The predicted molar refractivity (Wildman–Crippen MR) is 88.8 cm³/mol. The van der Waals surface area contributed by atoms with Crippen molar-refractivity contribution in [3.8, 4) is 0 Å². The quantitative estimate of drug-likeness (QED) is 0.849. The maximum atomic E-state index is 11.9. The lowest BCUT2D eigenvalue weighted by Crippen LogP contribution is -2.12. The number of primary amides is 1. The zero-order valence-electron chi connectivity index (χ0n) is 12.0. The molecule has 112 valence electrons. The summed E-state index contributed by atoms with van der Waals surface area (Å²) in [6.45, 7) is 1.91. The van der Waals surface area contributed by atoms with Gasteiger partial charge in [0.1, 0.15) is 0 Å². The number of benzene rings is 2. The molecule has 0 bridgehead atoms. The fraction of sp³-hybridized carbons (Fsp3) is 0.0588. The van der Waals surface area contributed by atoms with E-state index in [1.54, 1.807) is 30.3 Å². The second-order valence-corrected chi connectivity index (χ2v) is 5.18. The molecule has 2 aromatic rings. The van der Waals surface area contributed by atoms with Crippen molar-refractivity contribution in [1.82, 2.24) is 0 Å². The van der Waals surface area contributed by atoms with Crippen LogP contribution in [-0.4, -0.2) is 11.8 Å². The van der Waals surface area contributed by atoms with Crippen LogP contribution in [0.25, 0.3) is 6.08 Å². The first-order valence-corrected chi connectivity index (χ1v) is 6.98. The molecule has 0 spiro atoms. The number of nitrogens with two attached hydrogens (primary N) is 1. The molecule has 5 heteroatoms. The van der Waals surface area contributed by atoms with Crippen molar-refractivity contribution >= 4 is 35.2 Å². The number of carbonyl (C=O) groups is 2. The number of nitrogens with one attached hydrogen (secondary N) is 1. The standard InChI is InChI=1S/C17H15ClN2O2/c1-11-5-6-12(9-15(11)18)7-8-16(21)20-14-4-2-3-13(10-14)17(19)22/h2-10H,1H3,(H2,19,22)(H,20,21)/b8-7+. The van der Waals surface area contributed by atoms with E-state index in [-0.39, 0.29) is 5.91 Å². The Labute approximate surface area is 133 Å². The van der Waals surface area contributed by atoms with Crippen LogP contribution >= 0.6 is 11.6 Å². The minimum absolute atomic E-state index is 0.307. The molecule has 0 atom stereocenters. The molecule has 4 nitrogen and oxygen atoms in total. The Balaban J connectivity index is 2.06. The summed E-state index contributed by atoms with van der Waals surface area (Å²) in [5.74, 6) is -0.848. The Bertz CT molecular complexity index is 754. The third-order valence-electron chi connectivity index (χ3n) is 3.04. The number of rotatable bonds is 4. The number of halogens is 1. The van der Waals surface area contributed by atoms with Gasteiger partial charge in [-0.05, 0) is 48.4 Å². The van der Waals surface area contributed by atoms with Gasteiger partial charge in [0.05, 0.1) is 0 Å². The molecular weight excluding hydrogens is 300 g/mol. The zero-order valence-corrected chi connectivity index (χ0v) is 12.7. The van der Waals surface area contributed by atoms with E-state index in [1.165, 1.54) is 12.1 Å². The summed E-state index contributed by atoms with van der Waals surface area (Å²) in [5, 5.41) is 3.32. The summed E-state index contributed by atoms with van der Waals surface area (Å²) in [6.07, 6.45) is 3.07. The number of aryl methyl sites for hydroxylation is 1. The van der Waals surface area contributed by atoms with E-state index in [2.05, 4.69) is 5.32 Å². The Hall–Kier alpha value is -2.59.